The van der Waals surface area contributed by atoms with Gasteiger partial charge in [-0.2, -0.15) is 0 Å². The van der Waals surface area contributed by atoms with E-state index in [9.17, 15) is 9.59 Å². The highest BCUT2D eigenvalue weighted by molar-refractivity contribution is 6.04. The molecule has 1 fully saturated rings. The molecule has 1 aliphatic rings. The van der Waals surface area contributed by atoms with Gasteiger partial charge in [0.25, 0.3) is 0 Å². The molecule has 2 amide bonds. The number of unbranched alkanes of at least 4 members (excludes halogenated alkanes) is 4. The monoisotopic (exact) mass is 281 g/mol. The van der Waals surface area contributed by atoms with Gasteiger partial charge in [-0.25, -0.2) is 0 Å². The molecule has 1 rings (SSSR count). The molecule has 0 N–H and O–H groups in total. The van der Waals surface area contributed by atoms with Crippen LogP contribution in [0.15, 0.2) is 0 Å². The minimum absolute atomic E-state index is 0.0206. The van der Waals surface area contributed by atoms with E-state index in [0.29, 0.717) is 6.42 Å². The summed E-state index contributed by atoms with van der Waals surface area (Å²) < 4.78 is 0. The summed E-state index contributed by atoms with van der Waals surface area (Å²) in [7, 11) is 0. The van der Waals surface area contributed by atoms with E-state index in [1.807, 2.05) is 13.8 Å². The van der Waals surface area contributed by atoms with Gasteiger partial charge in [0.15, 0.2) is 0 Å². The van der Waals surface area contributed by atoms with Crippen LogP contribution < -0.4 is 0 Å². The lowest BCUT2D eigenvalue weighted by molar-refractivity contribution is -0.147. The number of nitrogens with zero attached hydrogens (tertiary/aromatic N) is 1. The normalized spacial score (nSPS) is 20.3. The van der Waals surface area contributed by atoms with Crippen molar-refractivity contribution in [2.45, 2.75) is 85.1 Å². The van der Waals surface area contributed by atoms with Gasteiger partial charge in [0, 0.05) is 17.9 Å². The molecule has 1 aliphatic heterocycles. The van der Waals surface area contributed by atoms with Gasteiger partial charge < -0.3 is 0 Å². The molecular weight excluding hydrogens is 250 g/mol. The smallest absolute Gasteiger partial charge is 0.233 e. The van der Waals surface area contributed by atoms with Crippen LogP contribution in [0.5, 0.6) is 0 Å². The van der Waals surface area contributed by atoms with Crippen LogP contribution >= 0.6 is 0 Å². The number of carbonyl (C=O) groups excluding carboxylic acids is 2. The zero-order valence-electron chi connectivity index (χ0n) is 13.9. The SMILES string of the molecule is CCCCCCCC1CC(=O)N(C(C)(C)C(C)C)C1=O. The molecule has 1 heterocycles. The lowest BCUT2D eigenvalue weighted by Gasteiger charge is -2.37. The van der Waals surface area contributed by atoms with Crippen LogP contribution in [0.4, 0.5) is 0 Å². The Balaban J connectivity index is 2.55. The topological polar surface area (TPSA) is 37.4 Å². The van der Waals surface area contributed by atoms with E-state index in [4.69, 9.17) is 0 Å². The van der Waals surface area contributed by atoms with E-state index in [2.05, 4.69) is 20.8 Å². The van der Waals surface area contributed by atoms with Gasteiger partial charge in [-0.1, -0.05) is 52.9 Å². The Morgan fingerprint density at radius 1 is 1.15 bits per heavy atom. The lowest BCUT2D eigenvalue weighted by atomic mass is 9.88. The van der Waals surface area contributed by atoms with Crippen LogP contribution in [0.25, 0.3) is 0 Å². The molecule has 1 saturated heterocycles. The predicted molar refractivity (Wildman–Crippen MR) is 82.3 cm³/mol. The molecule has 1 atom stereocenters. The summed E-state index contributed by atoms with van der Waals surface area (Å²) >= 11 is 0. The maximum absolute atomic E-state index is 12.5. The summed E-state index contributed by atoms with van der Waals surface area (Å²) in [4.78, 5) is 26.2. The minimum atomic E-state index is -0.370. The molecule has 0 aromatic heterocycles. The van der Waals surface area contributed by atoms with Gasteiger partial charge in [-0.15, -0.1) is 0 Å². The number of hydrogen-bond donors (Lipinski definition) is 0. The first-order valence-electron chi connectivity index (χ1n) is 8.19. The van der Waals surface area contributed by atoms with Crippen molar-refractivity contribution in [2.75, 3.05) is 0 Å². The van der Waals surface area contributed by atoms with Crippen molar-refractivity contribution in [3.05, 3.63) is 0 Å². The van der Waals surface area contributed by atoms with Crippen molar-refractivity contribution in [1.82, 2.24) is 4.90 Å². The molecule has 0 saturated carbocycles. The molecule has 0 aromatic carbocycles. The van der Waals surface area contributed by atoms with Gasteiger partial charge in [-0.05, 0) is 26.2 Å². The van der Waals surface area contributed by atoms with Crippen LogP contribution in [0.3, 0.4) is 0 Å². The third-order valence-corrected chi connectivity index (χ3v) is 4.89. The first-order chi connectivity index (χ1) is 9.32. The zero-order valence-corrected chi connectivity index (χ0v) is 13.9. The molecule has 116 valence electrons. The summed E-state index contributed by atoms with van der Waals surface area (Å²) in [6, 6.07) is 0. The average molecular weight is 281 g/mol. The third-order valence-electron chi connectivity index (χ3n) is 4.89. The van der Waals surface area contributed by atoms with Gasteiger partial charge in [-0.3, -0.25) is 14.5 Å². The second kappa shape index (κ2) is 7.24. The van der Waals surface area contributed by atoms with Gasteiger partial charge in [0.2, 0.25) is 11.8 Å². The Morgan fingerprint density at radius 2 is 1.75 bits per heavy atom. The molecule has 3 heteroatoms. The van der Waals surface area contributed by atoms with E-state index in [0.717, 1.165) is 12.8 Å². The second-order valence-electron chi connectivity index (χ2n) is 6.98. The Labute approximate surface area is 124 Å². The highest BCUT2D eigenvalue weighted by Gasteiger charge is 2.46. The summed E-state index contributed by atoms with van der Waals surface area (Å²) in [6.45, 7) is 10.3. The molecule has 20 heavy (non-hydrogen) atoms. The van der Waals surface area contributed by atoms with Crippen molar-refractivity contribution in [3.8, 4) is 0 Å². The predicted octanol–water partition coefficient (Wildman–Crippen LogP) is 4.16. The highest BCUT2D eigenvalue weighted by atomic mass is 16.2. The molecule has 0 aromatic rings. The van der Waals surface area contributed by atoms with Crippen molar-refractivity contribution in [2.24, 2.45) is 11.8 Å². The first kappa shape index (κ1) is 17.2. The molecule has 3 nitrogen and oxygen atoms in total. The average Bonchev–Trinajstić information content (AvgIpc) is 2.64. The Hall–Kier alpha value is -0.860. The Morgan fingerprint density at radius 3 is 2.30 bits per heavy atom. The minimum Gasteiger partial charge on any atom is -0.276 e. The lowest BCUT2D eigenvalue weighted by Crippen LogP contribution is -2.51. The number of likely N-dealkylation sites (tertiary alicyclic amines) is 1. The fraction of sp³-hybridized carbons (Fsp3) is 0.882. The largest absolute Gasteiger partial charge is 0.276 e. The number of amides is 2. The van der Waals surface area contributed by atoms with Crippen LogP contribution in [0, 0.1) is 11.8 Å². The van der Waals surface area contributed by atoms with Crippen LogP contribution in [-0.2, 0) is 9.59 Å². The summed E-state index contributed by atoms with van der Waals surface area (Å²) in [5.41, 5.74) is -0.370. The number of rotatable bonds is 8. The zero-order chi connectivity index (χ0) is 15.3. The number of carbonyl (C=O) groups is 2. The molecule has 0 radical (unpaired) electrons. The number of imide groups is 1. The van der Waals surface area contributed by atoms with Crippen molar-refractivity contribution >= 4 is 11.8 Å². The van der Waals surface area contributed by atoms with E-state index in [-0.39, 0.29) is 29.2 Å². The first-order valence-corrected chi connectivity index (χ1v) is 8.19. The Kier molecular flexibility index (Phi) is 6.22. The second-order valence-corrected chi connectivity index (χ2v) is 6.98. The number of hydrogen-bond acceptors (Lipinski definition) is 2. The van der Waals surface area contributed by atoms with Crippen molar-refractivity contribution in [1.29, 1.82) is 0 Å². The highest BCUT2D eigenvalue weighted by Crippen LogP contribution is 2.34. The van der Waals surface area contributed by atoms with E-state index in [1.165, 1.54) is 30.6 Å². The molecule has 0 bridgehead atoms. The quantitative estimate of drug-likeness (QED) is 0.495. The van der Waals surface area contributed by atoms with Crippen molar-refractivity contribution in [3.63, 3.8) is 0 Å². The van der Waals surface area contributed by atoms with E-state index in [1.54, 1.807) is 0 Å². The summed E-state index contributed by atoms with van der Waals surface area (Å²) in [5.74, 6) is 0.289. The molecule has 0 aliphatic carbocycles. The van der Waals surface area contributed by atoms with Gasteiger partial charge in [0.1, 0.15) is 0 Å². The molecule has 0 spiro atoms. The van der Waals surface area contributed by atoms with Crippen LogP contribution in [0.1, 0.15) is 79.6 Å². The fourth-order valence-electron chi connectivity index (χ4n) is 2.78. The standard InChI is InChI=1S/C17H31NO2/c1-6-7-8-9-10-11-14-12-15(19)18(16(14)20)17(4,5)13(2)3/h13-14H,6-12H2,1-5H3. The van der Waals surface area contributed by atoms with Crippen LogP contribution in [0.2, 0.25) is 0 Å². The van der Waals surface area contributed by atoms with E-state index >= 15 is 0 Å². The molecular formula is C17H31NO2. The van der Waals surface area contributed by atoms with E-state index < -0.39 is 0 Å². The van der Waals surface area contributed by atoms with Gasteiger partial charge in [0.05, 0.1) is 0 Å². The third kappa shape index (κ3) is 3.83. The molecule has 1 unspecified atom stereocenters. The van der Waals surface area contributed by atoms with Crippen molar-refractivity contribution < 1.29 is 9.59 Å². The Bertz CT molecular complexity index is 347. The summed E-state index contributed by atoms with van der Waals surface area (Å²) in [5, 5.41) is 0. The van der Waals surface area contributed by atoms with Gasteiger partial charge >= 0.3 is 0 Å². The van der Waals surface area contributed by atoms with Crippen LogP contribution in [-0.4, -0.2) is 22.3 Å². The fourth-order valence-corrected chi connectivity index (χ4v) is 2.78. The summed E-state index contributed by atoms with van der Waals surface area (Å²) in [6.07, 6.45) is 7.29. The maximum Gasteiger partial charge on any atom is 0.233 e. The maximum atomic E-state index is 12.5.